The molecule has 2 nitrogen and oxygen atoms in total. The molecular formula is C60H49NO. The van der Waals surface area contributed by atoms with Gasteiger partial charge in [0.1, 0.15) is 5.75 Å². The van der Waals surface area contributed by atoms with Crippen LogP contribution in [0.25, 0.3) is 50.2 Å². The summed E-state index contributed by atoms with van der Waals surface area (Å²) >= 11 is 0. The van der Waals surface area contributed by atoms with Crippen molar-refractivity contribution in [3.8, 4) is 39.1 Å². The number of nitrogens with zero attached hydrogens (tertiary/aromatic N) is 1. The van der Waals surface area contributed by atoms with Gasteiger partial charge in [0, 0.05) is 28.0 Å². The molecule has 62 heavy (non-hydrogen) atoms. The molecule has 0 aliphatic heterocycles. The van der Waals surface area contributed by atoms with Gasteiger partial charge in [-0.25, -0.2) is 0 Å². The van der Waals surface area contributed by atoms with E-state index in [9.17, 15) is 5.11 Å². The zero-order valence-corrected chi connectivity index (χ0v) is 35.7. The number of hydrogen-bond acceptors (Lipinski definition) is 2. The summed E-state index contributed by atoms with van der Waals surface area (Å²) in [5, 5.41) is 14.6. The SMILES string of the molecule is C/C=C\c1c(CC)ccc(C2(c3ccc4c(C)cccc4c3O)c3ccccc3-c3c(-c4ccc(N(c5ccccc5)c5ccc(-c6ccccc6)cc5)cc4)cccc32)c1C. The lowest BCUT2D eigenvalue weighted by Crippen LogP contribution is -2.30. The number of aromatic hydroxyl groups is 1. The van der Waals surface area contributed by atoms with Crippen molar-refractivity contribution >= 4 is 33.9 Å². The highest BCUT2D eigenvalue weighted by Crippen LogP contribution is 2.61. The maximum atomic E-state index is 12.7. The minimum absolute atomic E-state index is 0.327. The maximum absolute atomic E-state index is 12.7. The van der Waals surface area contributed by atoms with E-state index in [1.165, 1.54) is 55.6 Å². The van der Waals surface area contributed by atoms with Gasteiger partial charge in [-0.3, -0.25) is 0 Å². The summed E-state index contributed by atoms with van der Waals surface area (Å²) in [7, 11) is 0. The van der Waals surface area contributed by atoms with E-state index in [1.54, 1.807) is 0 Å². The Bertz CT molecular complexity index is 3130. The summed E-state index contributed by atoms with van der Waals surface area (Å²) in [6.45, 7) is 8.71. The van der Waals surface area contributed by atoms with Crippen LogP contribution in [0.15, 0.2) is 200 Å². The molecule has 1 aliphatic rings. The first-order valence-corrected chi connectivity index (χ1v) is 21.8. The first-order chi connectivity index (χ1) is 30.4. The molecule has 0 heterocycles. The largest absolute Gasteiger partial charge is 0.507 e. The third-order valence-electron chi connectivity index (χ3n) is 13.1. The van der Waals surface area contributed by atoms with Crippen LogP contribution in [0.2, 0.25) is 0 Å². The van der Waals surface area contributed by atoms with Crippen LogP contribution >= 0.6 is 0 Å². The molecule has 0 saturated carbocycles. The Morgan fingerprint density at radius 3 is 1.77 bits per heavy atom. The smallest absolute Gasteiger partial charge is 0.128 e. The monoisotopic (exact) mass is 799 g/mol. The summed E-state index contributed by atoms with van der Waals surface area (Å²) in [4.78, 5) is 2.32. The number of anilines is 3. The molecular weight excluding hydrogens is 751 g/mol. The standard InChI is InChI=1S/C60H49NO/c1-5-17-50-41(4)54(38-32-42(50)6-2)60(57-39-37-49-40(3)18-15-25-52(49)59(57)62)55-26-14-13-23-53(55)58-51(24-16-27-56(58)60)45-30-35-48(36-31-45)61(46-21-11-8-12-22-46)47-33-28-44(29-34-47)43-19-9-7-10-20-43/h5,7-39,62H,6H2,1-4H3/b17-5-. The van der Waals surface area contributed by atoms with E-state index in [-0.39, 0.29) is 0 Å². The molecule has 1 aliphatic carbocycles. The fraction of sp³-hybridized carbons (Fsp3) is 0.100. The molecule has 1 unspecified atom stereocenters. The number of benzene rings is 9. The number of allylic oxidation sites excluding steroid dienone is 1. The molecule has 300 valence electrons. The van der Waals surface area contributed by atoms with Gasteiger partial charge >= 0.3 is 0 Å². The lowest BCUT2D eigenvalue weighted by Gasteiger charge is -2.36. The van der Waals surface area contributed by atoms with Gasteiger partial charge in [-0.15, -0.1) is 0 Å². The normalized spacial score (nSPS) is 14.3. The highest BCUT2D eigenvalue weighted by molar-refractivity contribution is 5.99. The quantitative estimate of drug-likeness (QED) is 0.157. The fourth-order valence-corrected chi connectivity index (χ4v) is 10.2. The Balaban J connectivity index is 1.18. The van der Waals surface area contributed by atoms with Gasteiger partial charge in [0.2, 0.25) is 0 Å². The summed E-state index contributed by atoms with van der Waals surface area (Å²) in [6, 6.07) is 69.9. The Hall–Kier alpha value is -7.42. The molecule has 2 heteroatoms. The van der Waals surface area contributed by atoms with Crippen LogP contribution in [0.4, 0.5) is 17.1 Å². The van der Waals surface area contributed by atoms with E-state index >= 15 is 0 Å². The lowest BCUT2D eigenvalue weighted by atomic mass is 9.65. The van der Waals surface area contributed by atoms with Crippen molar-refractivity contribution in [2.45, 2.75) is 39.5 Å². The fourth-order valence-electron chi connectivity index (χ4n) is 10.2. The highest BCUT2D eigenvalue weighted by atomic mass is 16.3. The van der Waals surface area contributed by atoms with Crippen molar-refractivity contribution in [1.82, 2.24) is 0 Å². The number of phenols is 1. The van der Waals surface area contributed by atoms with E-state index in [2.05, 4.69) is 239 Å². The third-order valence-corrected chi connectivity index (χ3v) is 13.1. The molecule has 9 aromatic rings. The Labute approximate surface area is 365 Å². The molecule has 10 rings (SSSR count). The lowest BCUT2D eigenvalue weighted by molar-refractivity contribution is 0.467. The number of para-hydroxylation sites is 1. The van der Waals surface area contributed by atoms with Gasteiger partial charge < -0.3 is 10.0 Å². The second-order valence-corrected chi connectivity index (χ2v) is 16.5. The topological polar surface area (TPSA) is 23.5 Å². The van der Waals surface area contributed by atoms with Gasteiger partial charge in [0.15, 0.2) is 0 Å². The van der Waals surface area contributed by atoms with Gasteiger partial charge in [0.05, 0.1) is 5.41 Å². The molecule has 0 saturated heterocycles. The Kier molecular flexibility index (Phi) is 9.93. The maximum Gasteiger partial charge on any atom is 0.128 e. The summed E-state index contributed by atoms with van der Waals surface area (Å²) < 4.78 is 0. The van der Waals surface area contributed by atoms with Crippen LogP contribution in [-0.4, -0.2) is 5.11 Å². The molecule has 1 N–H and O–H groups in total. The first kappa shape index (κ1) is 38.8. The van der Waals surface area contributed by atoms with Crippen molar-refractivity contribution in [3.05, 3.63) is 245 Å². The highest BCUT2D eigenvalue weighted by Gasteiger charge is 2.49. The van der Waals surface area contributed by atoms with Gasteiger partial charge in [-0.05, 0) is 141 Å². The first-order valence-electron chi connectivity index (χ1n) is 21.8. The molecule has 0 spiro atoms. The summed E-state index contributed by atoms with van der Waals surface area (Å²) in [6.07, 6.45) is 5.33. The Morgan fingerprint density at radius 1 is 0.484 bits per heavy atom. The van der Waals surface area contributed by atoms with Crippen LogP contribution in [0.3, 0.4) is 0 Å². The minimum Gasteiger partial charge on any atom is -0.507 e. The average molecular weight is 800 g/mol. The van der Waals surface area contributed by atoms with Crippen molar-refractivity contribution in [1.29, 1.82) is 0 Å². The predicted octanol–water partition coefficient (Wildman–Crippen LogP) is 15.9. The van der Waals surface area contributed by atoms with Crippen molar-refractivity contribution in [2.75, 3.05) is 4.90 Å². The molecule has 9 aromatic carbocycles. The predicted molar refractivity (Wildman–Crippen MR) is 262 cm³/mol. The number of phenolic OH excluding ortho intramolecular Hbond substituents is 1. The molecule has 0 aromatic heterocycles. The van der Waals surface area contributed by atoms with Crippen LogP contribution in [0.1, 0.15) is 58.4 Å². The van der Waals surface area contributed by atoms with Crippen molar-refractivity contribution < 1.29 is 5.11 Å². The number of aryl methyl sites for hydroxylation is 2. The molecule has 0 amide bonds. The van der Waals surface area contributed by atoms with Crippen LogP contribution < -0.4 is 4.90 Å². The van der Waals surface area contributed by atoms with Gasteiger partial charge in [0.25, 0.3) is 0 Å². The summed E-state index contributed by atoms with van der Waals surface area (Å²) in [5.41, 5.74) is 18.9. The van der Waals surface area contributed by atoms with E-state index in [0.717, 1.165) is 56.5 Å². The molecule has 0 bridgehead atoms. The van der Waals surface area contributed by atoms with E-state index in [4.69, 9.17) is 0 Å². The minimum atomic E-state index is -0.799. The number of fused-ring (bicyclic) bond motifs is 4. The second-order valence-electron chi connectivity index (χ2n) is 16.5. The zero-order chi connectivity index (χ0) is 42.4. The molecule has 1 atom stereocenters. The number of rotatable bonds is 9. The Morgan fingerprint density at radius 2 is 1.06 bits per heavy atom. The van der Waals surface area contributed by atoms with E-state index in [1.807, 2.05) is 0 Å². The van der Waals surface area contributed by atoms with Crippen molar-refractivity contribution in [2.24, 2.45) is 0 Å². The average Bonchev–Trinajstić information content (AvgIpc) is 3.62. The van der Waals surface area contributed by atoms with Crippen LogP contribution in [0, 0.1) is 13.8 Å². The third kappa shape index (κ3) is 6.17. The number of hydrogen-bond donors (Lipinski definition) is 1. The molecule has 0 fully saturated rings. The van der Waals surface area contributed by atoms with E-state index in [0.29, 0.717) is 5.75 Å². The van der Waals surface area contributed by atoms with Crippen molar-refractivity contribution in [3.63, 3.8) is 0 Å². The van der Waals surface area contributed by atoms with E-state index < -0.39 is 5.41 Å². The second kappa shape index (κ2) is 15.9. The van der Waals surface area contributed by atoms with Gasteiger partial charge in [-0.1, -0.05) is 177 Å². The van der Waals surface area contributed by atoms with Crippen LogP contribution in [-0.2, 0) is 11.8 Å². The summed E-state index contributed by atoms with van der Waals surface area (Å²) in [5.74, 6) is 0.327. The molecule has 0 radical (unpaired) electrons. The van der Waals surface area contributed by atoms with Crippen LogP contribution in [0.5, 0.6) is 5.75 Å². The van der Waals surface area contributed by atoms with Gasteiger partial charge in [-0.2, -0.15) is 0 Å². The zero-order valence-electron chi connectivity index (χ0n) is 35.7.